The number of para-hydroxylation sites is 8. The van der Waals surface area contributed by atoms with Crippen LogP contribution in [0.2, 0.25) is 0 Å². The molecule has 16 aromatic rings. The number of nitrogens with zero attached hydrogens (tertiary/aromatic N) is 4. The Morgan fingerprint density at radius 2 is 0.500 bits per heavy atom. The molecule has 4 aromatic heterocycles. The van der Waals surface area contributed by atoms with Gasteiger partial charge in [-0.25, -0.2) is 0 Å². The van der Waals surface area contributed by atoms with Gasteiger partial charge in [-0.2, -0.15) is 0 Å². The van der Waals surface area contributed by atoms with E-state index in [4.69, 9.17) is 0 Å². The van der Waals surface area contributed by atoms with E-state index in [2.05, 4.69) is 271 Å². The van der Waals surface area contributed by atoms with Gasteiger partial charge in [-0.05, 0) is 138 Å². The molecule has 0 aliphatic rings. The second-order valence-corrected chi connectivity index (χ2v) is 20.9. The number of aromatic nitrogens is 4. The fourth-order valence-electron chi connectivity index (χ4n) is 11.8. The molecule has 12 aromatic carbocycles. The van der Waals surface area contributed by atoms with Crippen molar-refractivity contribution in [3.63, 3.8) is 0 Å². The van der Waals surface area contributed by atoms with E-state index in [1.807, 2.05) is 48.5 Å². The first-order valence-corrected chi connectivity index (χ1v) is 27.6. The molecular formula is C72H50BBrN4O2. The Bertz CT molecular complexity index is 4780. The molecule has 0 aliphatic carbocycles. The van der Waals surface area contributed by atoms with Crippen LogP contribution in [0.4, 0.5) is 0 Å². The predicted molar refractivity (Wildman–Crippen MR) is 340 cm³/mol. The summed E-state index contributed by atoms with van der Waals surface area (Å²) in [6, 6.07) is 102. The van der Waals surface area contributed by atoms with Crippen LogP contribution < -0.4 is 5.46 Å². The van der Waals surface area contributed by atoms with Crippen molar-refractivity contribution in [3.05, 3.63) is 296 Å². The van der Waals surface area contributed by atoms with Crippen LogP contribution in [0.3, 0.4) is 0 Å². The van der Waals surface area contributed by atoms with Gasteiger partial charge < -0.3 is 28.3 Å². The number of hydrogen-bond donors (Lipinski definition) is 2. The summed E-state index contributed by atoms with van der Waals surface area (Å²) >= 11 is 3.57. The SMILES string of the molecule is Brc1ccc2c(c1)c1ccccc1n2-c1ccccc1.OB(O)c1ccc2c(c1)c1ccccc1n2-c1ccccc1.c1ccc(-n2c3ccccc3c3cc(-c4ccc5c(c4)c4ccccc4n5-c4ccccc4)ccc32)cc1. The topological polar surface area (TPSA) is 60.2 Å². The maximum atomic E-state index is 9.43. The van der Waals surface area contributed by atoms with Gasteiger partial charge in [0.15, 0.2) is 0 Å². The van der Waals surface area contributed by atoms with Crippen LogP contribution in [0.1, 0.15) is 0 Å². The maximum Gasteiger partial charge on any atom is 0.488 e. The van der Waals surface area contributed by atoms with Gasteiger partial charge in [0.05, 0.1) is 44.1 Å². The van der Waals surface area contributed by atoms with Crippen molar-refractivity contribution in [1.29, 1.82) is 0 Å². The monoisotopic (exact) mass is 1090 g/mol. The zero-order valence-electron chi connectivity index (χ0n) is 43.4. The summed E-state index contributed by atoms with van der Waals surface area (Å²) in [5.74, 6) is 0. The van der Waals surface area contributed by atoms with Gasteiger partial charge >= 0.3 is 7.12 Å². The summed E-state index contributed by atoms with van der Waals surface area (Å²) in [6.07, 6.45) is 0. The van der Waals surface area contributed by atoms with Crippen molar-refractivity contribution in [2.45, 2.75) is 0 Å². The zero-order chi connectivity index (χ0) is 53.7. The highest BCUT2D eigenvalue weighted by molar-refractivity contribution is 9.10. The molecular weight excluding hydrogens is 1040 g/mol. The summed E-state index contributed by atoms with van der Waals surface area (Å²) in [4.78, 5) is 0. The molecule has 80 heavy (non-hydrogen) atoms. The molecule has 0 radical (unpaired) electrons. The Morgan fingerprint density at radius 3 is 0.838 bits per heavy atom. The number of fused-ring (bicyclic) bond motifs is 12. The summed E-state index contributed by atoms with van der Waals surface area (Å²) in [5, 5.41) is 28.6. The fourth-order valence-corrected chi connectivity index (χ4v) is 12.2. The van der Waals surface area contributed by atoms with Gasteiger partial charge in [0.25, 0.3) is 0 Å². The second-order valence-electron chi connectivity index (χ2n) is 20.0. The molecule has 0 saturated carbocycles. The van der Waals surface area contributed by atoms with E-state index in [0.717, 1.165) is 32.0 Å². The highest BCUT2D eigenvalue weighted by Gasteiger charge is 2.19. The summed E-state index contributed by atoms with van der Waals surface area (Å²) in [6.45, 7) is 0. The van der Waals surface area contributed by atoms with Gasteiger partial charge in [0.2, 0.25) is 0 Å². The lowest BCUT2D eigenvalue weighted by atomic mass is 9.80. The molecule has 380 valence electrons. The van der Waals surface area contributed by atoms with Crippen molar-refractivity contribution in [3.8, 4) is 33.9 Å². The average molecular weight is 1090 g/mol. The predicted octanol–water partition coefficient (Wildman–Crippen LogP) is 17.6. The molecule has 16 rings (SSSR count). The first kappa shape index (κ1) is 48.7. The summed E-state index contributed by atoms with van der Waals surface area (Å²) < 4.78 is 10.4. The Balaban J connectivity index is 0.000000117. The van der Waals surface area contributed by atoms with Crippen molar-refractivity contribution in [2.75, 3.05) is 0 Å². The first-order chi connectivity index (χ1) is 39.5. The van der Waals surface area contributed by atoms with Crippen LogP contribution in [-0.2, 0) is 0 Å². The third-order valence-corrected chi connectivity index (χ3v) is 15.9. The first-order valence-electron chi connectivity index (χ1n) is 26.8. The molecule has 0 saturated heterocycles. The van der Waals surface area contributed by atoms with Gasteiger partial charge in [0, 0.05) is 70.3 Å². The van der Waals surface area contributed by atoms with Crippen LogP contribution in [0, 0.1) is 0 Å². The van der Waals surface area contributed by atoms with E-state index < -0.39 is 7.12 Å². The molecule has 0 fully saturated rings. The minimum Gasteiger partial charge on any atom is -0.423 e. The third kappa shape index (κ3) is 8.54. The van der Waals surface area contributed by atoms with Crippen molar-refractivity contribution < 1.29 is 10.0 Å². The number of rotatable bonds is 6. The summed E-state index contributed by atoms with van der Waals surface area (Å²) in [5.41, 5.74) is 17.2. The maximum absolute atomic E-state index is 9.43. The smallest absolute Gasteiger partial charge is 0.423 e. The fraction of sp³-hybridized carbons (Fsp3) is 0. The number of hydrogen-bond acceptors (Lipinski definition) is 2. The van der Waals surface area contributed by atoms with E-state index in [1.54, 1.807) is 6.07 Å². The second kappa shape index (κ2) is 20.6. The van der Waals surface area contributed by atoms with E-state index in [1.165, 1.54) is 93.6 Å². The van der Waals surface area contributed by atoms with E-state index in [9.17, 15) is 10.0 Å². The Hall–Kier alpha value is -9.70. The standard InChI is InChI=1S/C36H24N2.C18H14BNO2.C18H12BrN/c1-3-11-27(12-4-1)37-33-17-9-7-15-29(33)31-23-25(19-21-35(31)37)26-20-22-36-32(24-26)30-16-8-10-18-34(30)38(36)28-13-5-2-6-14-28;21-19(22)13-10-11-18-16(12-13)15-8-4-5-9-17(15)20(18)14-6-2-1-3-7-14;19-13-10-11-18-16(12-13)15-8-4-5-9-17(15)20(18)14-6-2-1-3-7-14/h1-24H;1-12,21-22H;1-12H. The van der Waals surface area contributed by atoms with E-state index in [0.29, 0.717) is 5.46 Å². The number of halogens is 1. The van der Waals surface area contributed by atoms with Crippen molar-refractivity contribution in [1.82, 2.24) is 18.3 Å². The highest BCUT2D eigenvalue weighted by atomic mass is 79.9. The van der Waals surface area contributed by atoms with E-state index >= 15 is 0 Å². The number of benzene rings is 12. The lowest BCUT2D eigenvalue weighted by Crippen LogP contribution is -2.29. The Kier molecular flexibility index (Phi) is 12.5. The summed E-state index contributed by atoms with van der Waals surface area (Å²) in [7, 11) is -1.46. The molecule has 0 aliphatic heterocycles. The minimum atomic E-state index is -1.46. The highest BCUT2D eigenvalue weighted by Crippen LogP contribution is 2.39. The van der Waals surface area contributed by atoms with Gasteiger partial charge in [-0.1, -0.05) is 186 Å². The molecule has 0 amide bonds. The molecule has 6 nitrogen and oxygen atoms in total. The lowest BCUT2D eigenvalue weighted by molar-refractivity contribution is 0.426. The molecule has 0 bridgehead atoms. The molecule has 0 atom stereocenters. The molecule has 0 unspecified atom stereocenters. The Labute approximate surface area is 470 Å². The average Bonchev–Trinajstić information content (AvgIpc) is 4.31. The van der Waals surface area contributed by atoms with Gasteiger partial charge in [-0.3, -0.25) is 0 Å². The molecule has 8 heteroatoms. The zero-order valence-corrected chi connectivity index (χ0v) is 44.9. The van der Waals surface area contributed by atoms with Gasteiger partial charge in [-0.15, -0.1) is 0 Å². The van der Waals surface area contributed by atoms with Crippen LogP contribution in [0.15, 0.2) is 296 Å². The lowest BCUT2D eigenvalue weighted by Gasteiger charge is -2.09. The Morgan fingerprint density at radius 1 is 0.237 bits per heavy atom. The van der Waals surface area contributed by atoms with Crippen LogP contribution >= 0.6 is 15.9 Å². The minimum absolute atomic E-state index is 0.503. The van der Waals surface area contributed by atoms with Crippen LogP contribution in [0.5, 0.6) is 0 Å². The van der Waals surface area contributed by atoms with Crippen LogP contribution in [-0.4, -0.2) is 35.4 Å². The molecule has 4 heterocycles. The van der Waals surface area contributed by atoms with Gasteiger partial charge in [0.1, 0.15) is 0 Å². The van der Waals surface area contributed by atoms with Crippen molar-refractivity contribution in [2.24, 2.45) is 0 Å². The molecule has 0 spiro atoms. The molecule has 2 N–H and O–H groups in total. The van der Waals surface area contributed by atoms with Crippen molar-refractivity contribution >= 4 is 116 Å². The normalized spacial score (nSPS) is 11.4. The van der Waals surface area contributed by atoms with Crippen LogP contribution in [0.25, 0.3) is 121 Å². The largest absolute Gasteiger partial charge is 0.488 e. The quantitative estimate of drug-likeness (QED) is 0.163. The third-order valence-electron chi connectivity index (χ3n) is 15.4. The van der Waals surface area contributed by atoms with E-state index in [-0.39, 0.29) is 0 Å².